The average molecular weight is 1780 g/mol. The first-order chi connectivity index (χ1) is 29.8. The Labute approximate surface area is 509 Å². The maximum atomic E-state index is 3.07. The minimum Gasteiger partial charge on any atom is -1.00 e. The molecule has 0 fully saturated rings. The van der Waals surface area contributed by atoms with E-state index in [1.54, 1.807) is 20.6 Å². The first-order valence-corrected chi connectivity index (χ1v) is 81.7. The van der Waals surface area contributed by atoms with E-state index < -0.39 is 184 Å². The van der Waals surface area contributed by atoms with Crippen LogP contribution in [0.25, 0.3) is 0 Å². The fraction of sp³-hybridized carbons (Fsp3) is 0.569. The molecule has 1 unspecified atom stereocenters. The van der Waals surface area contributed by atoms with Crippen molar-refractivity contribution >= 4 is 252 Å². The van der Waals surface area contributed by atoms with Gasteiger partial charge in [0, 0.05) is 0 Å². The van der Waals surface area contributed by atoms with E-state index in [-0.39, 0.29) is 42.3 Å². The van der Waals surface area contributed by atoms with Gasteiger partial charge in [-0.3, -0.25) is 0 Å². The van der Waals surface area contributed by atoms with Gasteiger partial charge in [-0.2, -0.15) is 0 Å². The van der Waals surface area contributed by atoms with Gasteiger partial charge in [-0.15, -0.1) is 0 Å². The van der Waals surface area contributed by atoms with Crippen molar-refractivity contribution in [2.75, 3.05) is 0 Å². The van der Waals surface area contributed by atoms with E-state index >= 15 is 0 Å². The Bertz CT molecular complexity index is 2120. The van der Waals surface area contributed by atoms with Crippen molar-refractivity contribution in [2.45, 2.75) is 170 Å². The predicted octanol–water partition coefficient (Wildman–Crippen LogP) is -4.36. The quantitative estimate of drug-likeness (QED) is 0.101. The molecule has 0 saturated heterocycles. The van der Waals surface area contributed by atoms with Crippen LogP contribution in [0.1, 0.15) is 27.7 Å². The van der Waals surface area contributed by atoms with Crippen molar-refractivity contribution in [3.63, 3.8) is 0 Å². The number of hydrogen-bond donors (Lipinski definition) is 0. The van der Waals surface area contributed by atoms with E-state index in [4.69, 9.17) is 0 Å². The van der Waals surface area contributed by atoms with E-state index in [0.29, 0.717) is 0 Å². The van der Waals surface area contributed by atoms with Gasteiger partial charge in [0.05, 0.1) is 0 Å². The smallest absolute Gasteiger partial charge is 1.00 e. The minimum atomic E-state index is -3.15. The molecule has 17 heteroatoms. The zero-order chi connectivity index (χ0) is 50.0. The first-order valence-electron chi connectivity index (χ1n) is 22.6. The SMILES string of the molecule is CC1=C(C)C(C)([Si](c2c([As](C)C)cc([As](C)C)c([As](C)C)c2[As](C)C)(c2c([As](C)C)cc([As](C)C)c([As](C)C)c2[As](C)C)c2c([As](C)C)cc([As](C)C)c([As](C)C)c2[As](C)C)[C]([Ti+3])=C1C.[Cl-].[Cl-].[Cl-]. The summed E-state index contributed by atoms with van der Waals surface area (Å²) in [6.07, 6.45) is 0. The summed E-state index contributed by atoms with van der Waals surface area (Å²) in [6, 6.07) is 9.21. The van der Waals surface area contributed by atoms with Crippen molar-refractivity contribution in [2.24, 2.45) is 0 Å². The van der Waals surface area contributed by atoms with Gasteiger partial charge >= 0.3 is 481 Å². The Balaban J connectivity index is 0.00000771. The van der Waals surface area contributed by atoms with Crippen molar-refractivity contribution in [3.8, 4) is 0 Å². The molecule has 0 bridgehead atoms. The van der Waals surface area contributed by atoms with Crippen LogP contribution in [0.2, 0.25) is 142 Å². The molecule has 0 heterocycles. The summed E-state index contributed by atoms with van der Waals surface area (Å²) < 4.78 is 25.6. The summed E-state index contributed by atoms with van der Waals surface area (Å²) in [7, 11) is -3.15. The Morgan fingerprint density at radius 1 is 0.324 bits per heavy atom. The zero-order valence-electron chi connectivity index (χ0n) is 47.2. The maximum absolute atomic E-state index is 3.15. The molecular formula is C51H87As12Cl3SiTi. The second-order valence-corrected chi connectivity index (χ2v) is 82.3. The number of benzene rings is 3. The monoisotopic (exact) mass is 1780 g/mol. The summed E-state index contributed by atoms with van der Waals surface area (Å²) in [6.45, 7) is 10.8. The third-order valence-electron chi connectivity index (χ3n) is 13.9. The molecule has 0 aromatic heterocycles. The van der Waals surface area contributed by atoms with Crippen molar-refractivity contribution in [3.05, 3.63) is 38.8 Å². The van der Waals surface area contributed by atoms with Gasteiger partial charge in [-0.1, -0.05) is 0 Å². The van der Waals surface area contributed by atoms with Crippen LogP contribution < -0.4 is 105 Å². The third-order valence-corrected chi connectivity index (χ3v) is 62.9. The molecule has 0 aliphatic heterocycles. The minimum absolute atomic E-state index is 0. The second kappa shape index (κ2) is 28.9. The molecule has 0 amide bonds. The Hall–Kier alpha value is 5.64. The average Bonchev–Trinajstić information content (AvgIpc) is 3.34. The summed E-state index contributed by atoms with van der Waals surface area (Å²) >= 11 is -13.9. The van der Waals surface area contributed by atoms with Crippen LogP contribution in [0.15, 0.2) is 38.8 Å². The maximum Gasteiger partial charge on any atom is -1.00 e. The van der Waals surface area contributed by atoms with Crippen LogP contribution in [0.3, 0.4) is 0 Å². The number of halogens is 3. The summed E-state index contributed by atoms with van der Waals surface area (Å²) in [5.41, 5.74) is 71.6. The Morgan fingerprint density at radius 2 is 0.529 bits per heavy atom. The number of allylic oxidation sites excluding steroid dienone is 4. The van der Waals surface area contributed by atoms with Crippen LogP contribution in [-0.2, 0) is 20.4 Å². The zero-order valence-corrected chi connectivity index (χ0v) is 74.6. The van der Waals surface area contributed by atoms with E-state index in [1.807, 2.05) is 39.2 Å². The molecule has 0 N–H and O–H groups in total. The van der Waals surface area contributed by atoms with Crippen LogP contribution in [0, 0.1) is 0 Å². The van der Waals surface area contributed by atoms with Gasteiger partial charge in [0.1, 0.15) is 0 Å². The van der Waals surface area contributed by atoms with Gasteiger partial charge in [0.15, 0.2) is 0 Å². The third kappa shape index (κ3) is 13.2. The van der Waals surface area contributed by atoms with E-state index in [2.05, 4.69) is 232 Å². The molecule has 0 nitrogen and oxygen atoms in total. The molecule has 4 rings (SSSR count). The second-order valence-electron chi connectivity index (χ2n) is 20.8. The number of hydrogen-bond acceptors (Lipinski definition) is 0. The van der Waals surface area contributed by atoms with E-state index in [0.717, 1.165) is 0 Å². The molecule has 1 aliphatic carbocycles. The van der Waals surface area contributed by atoms with Gasteiger partial charge in [0.25, 0.3) is 0 Å². The predicted molar refractivity (Wildman–Crippen MR) is 329 cm³/mol. The topological polar surface area (TPSA) is 0 Å². The summed E-state index contributed by atoms with van der Waals surface area (Å²) in [4.78, 5) is 0. The fourth-order valence-electron chi connectivity index (χ4n) is 10.7. The fourth-order valence-corrected chi connectivity index (χ4v) is 88.1. The van der Waals surface area contributed by atoms with Crippen LogP contribution >= 0.6 is 0 Å². The molecule has 68 heavy (non-hydrogen) atoms. The van der Waals surface area contributed by atoms with Crippen molar-refractivity contribution < 1.29 is 57.7 Å². The Morgan fingerprint density at radius 3 is 0.676 bits per heavy atom. The molecule has 380 valence electrons. The molecular weight excluding hydrogens is 1690 g/mol. The van der Waals surface area contributed by atoms with E-state index in [1.165, 1.54) is 0 Å². The molecule has 1 atom stereocenters. The van der Waals surface area contributed by atoms with Crippen molar-refractivity contribution in [1.82, 2.24) is 0 Å². The van der Waals surface area contributed by atoms with Gasteiger partial charge in [-0.25, -0.2) is 0 Å². The molecule has 1 aliphatic rings. The molecule has 3 aromatic rings. The normalized spacial score (nSPS) is 16.0. The van der Waals surface area contributed by atoms with Gasteiger partial charge in [0.2, 0.25) is 0 Å². The molecule has 0 radical (unpaired) electrons. The summed E-state index contributed by atoms with van der Waals surface area (Å²) in [5, 5.41) is 6.28. The molecule has 3 aromatic carbocycles. The van der Waals surface area contributed by atoms with Crippen LogP contribution in [-0.4, -0.2) is 184 Å². The van der Waals surface area contributed by atoms with Gasteiger partial charge < -0.3 is 37.2 Å². The first kappa shape index (κ1) is 71.7. The van der Waals surface area contributed by atoms with Crippen LogP contribution in [0.4, 0.5) is 0 Å². The Kier molecular flexibility index (Phi) is 30.4. The largest absolute Gasteiger partial charge is 1.00 e. The number of rotatable bonds is 16. The molecule has 0 spiro atoms. The van der Waals surface area contributed by atoms with Crippen LogP contribution in [0.5, 0.6) is 0 Å². The standard InChI is InChI=1S/C51H87As12Si.3ClH.Ti/c1-33-32-51(4,35(3)34(33)2)64(48-39(55(11)12)29-36(52(5)6)42(58(17)18)45(48)61(23)24,49-40(56(13)14)30-37(53(7)8)43(59(19)20)46(49)62(25)26)50-41(57(15)16)31-38(54(9)10)44(60(21)22)47(50)63(27)28;;;;/h29-31H,1-28H3;3*1H;/q;;;;+3/p-3. The van der Waals surface area contributed by atoms with E-state index in [9.17, 15) is 0 Å². The van der Waals surface area contributed by atoms with Crippen molar-refractivity contribution in [1.29, 1.82) is 0 Å². The van der Waals surface area contributed by atoms with Gasteiger partial charge in [-0.05, 0) is 0 Å². The molecule has 0 saturated carbocycles. The summed E-state index contributed by atoms with van der Waals surface area (Å²) in [5.74, 6) is 0.